The zero-order chi connectivity index (χ0) is 18.1. The Bertz CT molecular complexity index is 1160. The molecule has 4 aromatic rings. The lowest BCUT2D eigenvalue weighted by Gasteiger charge is -2.10. The summed E-state index contributed by atoms with van der Waals surface area (Å²) in [6.07, 6.45) is 6.58. The van der Waals surface area contributed by atoms with E-state index < -0.39 is 5.82 Å². The monoisotopic (exact) mass is 345 g/mol. The zero-order valence-corrected chi connectivity index (χ0v) is 13.7. The molecule has 0 fully saturated rings. The van der Waals surface area contributed by atoms with E-state index in [0.717, 1.165) is 5.52 Å². The summed E-state index contributed by atoms with van der Waals surface area (Å²) in [6, 6.07) is 8.19. The SMILES string of the molecule is [C-]#[N+]c1ncnc(C)c1-c1ccc(Oc2nccn3cccc23)cc1F. The molecule has 0 saturated carbocycles. The third-order valence-corrected chi connectivity index (χ3v) is 3.96. The first-order chi connectivity index (χ1) is 12.7. The maximum absolute atomic E-state index is 14.7. The molecule has 3 heterocycles. The summed E-state index contributed by atoms with van der Waals surface area (Å²) >= 11 is 0. The maximum atomic E-state index is 14.7. The van der Waals surface area contributed by atoms with Crippen LogP contribution in [-0.4, -0.2) is 19.4 Å². The van der Waals surface area contributed by atoms with Crippen molar-refractivity contribution in [1.82, 2.24) is 19.4 Å². The summed E-state index contributed by atoms with van der Waals surface area (Å²) in [6.45, 7) is 8.95. The molecule has 0 N–H and O–H groups in total. The van der Waals surface area contributed by atoms with E-state index in [1.54, 1.807) is 31.5 Å². The van der Waals surface area contributed by atoms with Gasteiger partial charge < -0.3 is 14.0 Å². The number of hydrogen-bond acceptors (Lipinski definition) is 4. The molecule has 3 aromatic heterocycles. The topological polar surface area (TPSA) is 56.7 Å². The average molecular weight is 345 g/mol. The lowest BCUT2D eigenvalue weighted by atomic mass is 10.0. The van der Waals surface area contributed by atoms with Gasteiger partial charge in [-0.05, 0) is 31.2 Å². The van der Waals surface area contributed by atoms with Gasteiger partial charge in [-0.2, -0.15) is 0 Å². The second-order valence-electron chi connectivity index (χ2n) is 5.55. The molecule has 7 heteroatoms. The van der Waals surface area contributed by atoms with Gasteiger partial charge in [0.15, 0.2) is 0 Å². The number of ether oxygens (including phenoxy) is 1. The van der Waals surface area contributed by atoms with Gasteiger partial charge in [0.2, 0.25) is 12.2 Å². The van der Waals surface area contributed by atoms with Gasteiger partial charge in [0.1, 0.15) is 17.1 Å². The fraction of sp³-hybridized carbons (Fsp3) is 0.0526. The minimum atomic E-state index is -0.521. The second kappa shape index (κ2) is 6.26. The van der Waals surface area contributed by atoms with Gasteiger partial charge in [0.25, 0.3) is 5.82 Å². The van der Waals surface area contributed by atoms with Gasteiger partial charge >= 0.3 is 0 Å². The molecule has 6 nitrogen and oxygen atoms in total. The van der Waals surface area contributed by atoms with Crippen molar-refractivity contribution < 1.29 is 9.13 Å². The Morgan fingerprint density at radius 2 is 2.04 bits per heavy atom. The first kappa shape index (κ1) is 15.7. The van der Waals surface area contributed by atoms with Crippen molar-refractivity contribution in [3.63, 3.8) is 0 Å². The molecule has 4 rings (SSSR count). The lowest BCUT2D eigenvalue weighted by Crippen LogP contribution is -1.95. The van der Waals surface area contributed by atoms with Crippen LogP contribution in [-0.2, 0) is 0 Å². The van der Waals surface area contributed by atoms with Crippen LogP contribution >= 0.6 is 0 Å². The minimum absolute atomic E-state index is 0.115. The predicted octanol–water partition coefficient (Wildman–Crippen LogP) is 4.58. The van der Waals surface area contributed by atoms with Gasteiger partial charge in [0, 0.05) is 41.5 Å². The summed E-state index contributed by atoms with van der Waals surface area (Å²) in [7, 11) is 0. The molecular formula is C19H12FN5O. The molecule has 0 amide bonds. The Hall–Kier alpha value is -3.79. The fourth-order valence-electron chi connectivity index (χ4n) is 2.76. The van der Waals surface area contributed by atoms with E-state index >= 15 is 0 Å². The highest BCUT2D eigenvalue weighted by Crippen LogP contribution is 2.35. The molecule has 126 valence electrons. The standard InChI is InChI=1S/C19H12FN5O/c1-12-17(18(21-2)24-11-23-12)14-6-5-13(10-15(14)20)26-19-16-4-3-8-25(16)9-7-22-19/h3-11H,1H3. The van der Waals surface area contributed by atoms with Gasteiger partial charge in [0.05, 0.1) is 0 Å². The van der Waals surface area contributed by atoms with Crippen LogP contribution in [0.5, 0.6) is 11.6 Å². The molecule has 0 unspecified atom stereocenters. The van der Waals surface area contributed by atoms with E-state index in [1.165, 1.54) is 12.4 Å². The first-order valence-electron chi connectivity index (χ1n) is 7.76. The summed E-state index contributed by atoms with van der Waals surface area (Å²) in [5, 5.41) is 0. The van der Waals surface area contributed by atoms with E-state index in [-0.39, 0.29) is 11.4 Å². The van der Waals surface area contributed by atoms with Crippen LogP contribution < -0.4 is 4.74 Å². The Kier molecular flexibility index (Phi) is 3.78. The van der Waals surface area contributed by atoms with Crippen LogP contribution in [0.15, 0.2) is 55.2 Å². The number of nitrogens with zero attached hydrogens (tertiary/aromatic N) is 5. The van der Waals surface area contributed by atoms with Crippen LogP contribution in [0.25, 0.3) is 21.5 Å². The van der Waals surface area contributed by atoms with E-state index in [0.29, 0.717) is 22.9 Å². The fourth-order valence-corrected chi connectivity index (χ4v) is 2.76. The van der Waals surface area contributed by atoms with Gasteiger partial charge in [-0.3, -0.25) is 0 Å². The third-order valence-electron chi connectivity index (χ3n) is 3.96. The van der Waals surface area contributed by atoms with E-state index in [2.05, 4.69) is 19.8 Å². The van der Waals surface area contributed by atoms with Crippen LogP contribution in [0.3, 0.4) is 0 Å². The largest absolute Gasteiger partial charge is 0.437 e. The molecule has 0 bridgehead atoms. The molecule has 0 spiro atoms. The van der Waals surface area contributed by atoms with Gasteiger partial charge in [-0.15, -0.1) is 4.98 Å². The van der Waals surface area contributed by atoms with Crippen LogP contribution in [0.2, 0.25) is 0 Å². The number of aryl methyl sites for hydroxylation is 1. The van der Waals surface area contributed by atoms with Crippen molar-refractivity contribution in [2.75, 3.05) is 0 Å². The molecule has 0 aliphatic heterocycles. The molecule has 0 radical (unpaired) electrons. The highest BCUT2D eigenvalue weighted by molar-refractivity contribution is 5.78. The molecule has 0 aliphatic carbocycles. The maximum Gasteiger partial charge on any atom is 0.280 e. The normalized spacial score (nSPS) is 10.7. The van der Waals surface area contributed by atoms with Crippen molar-refractivity contribution in [2.24, 2.45) is 0 Å². The highest BCUT2D eigenvalue weighted by atomic mass is 19.1. The quantitative estimate of drug-likeness (QED) is 0.510. The van der Waals surface area contributed by atoms with Crippen molar-refractivity contribution in [3.05, 3.63) is 78.2 Å². The average Bonchev–Trinajstić information content (AvgIpc) is 3.12. The van der Waals surface area contributed by atoms with Crippen molar-refractivity contribution in [3.8, 4) is 22.8 Å². The predicted molar refractivity (Wildman–Crippen MR) is 93.7 cm³/mol. The zero-order valence-electron chi connectivity index (χ0n) is 13.7. The Morgan fingerprint density at radius 1 is 1.15 bits per heavy atom. The Morgan fingerprint density at radius 3 is 2.85 bits per heavy atom. The van der Waals surface area contributed by atoms with Crippen LogP contribution in [0.4, 0.5) is 10.2 Å². The number of halogens is 1. The minimum Gasteiger partial charge on any atom is -0.437 e. The highest BCUT2D eigenvalue weighted by Gasteiger charge is 2.16. The summed E-state index contributed by atoms with van der Waals surface area (Å²) in [5.41, 5.74) is 1.96. The van der Waals surface area contributed by atoms with Crippen LogP contribution in [0.1, 0.15) is 5.69 Å². The van der Waals surface area contributed by atoms with E-state index in [9.17, 15) is 4.39 Å². The third kappa shape index (κ3) is 2.63. The molecule has 0 saturated heterocycles. The molecule has 0 aliphatic rings. The number of hydrogen-bond donors (Lipinski definition) is 0. The number of fused-ring (bicyclic) bond motifs is 1. The molecule has 0 atom stereocenters. The number of aromatic nitrogens is 4. The number of benzene rings is 1. The second-order valence-corrected chi connectivity index (χ2v) is 5.55. The first-order valence-corrected chi connectivity index (χ1v) is 7.76. The molecule has 1 aromatic carbocycles. The Labute approximate surface area is 148 Å². The Balaban J connectivity index is 1.74. The summed E-state index contributed by atoms with van der Waals surface area (Å²) in [4.78, 5) is 15.5. The van der Waals surface area contributed by atoms with Crippen molar-refractivity contribution >= 4 is 11.3 Å². The summed E-state index contributed by atoms with van der Waals surface area (Å²) < 4.78 is 22.3. The van der Waals surface area contributed by atoms with E-state index in [1.807, 2.05) is 22.7 Å². The summed E-state index contributed by atoms with van der Waals surface area (Å²) in [5.74, 6) is 0.287. The van der Waals surface area contributed by atoms with Crippen molar-refractivity contribution in [1.29, 1.82) is 0 Å². The van der Waals surface area contributed by atoms with Gasteiger partial charge in [-0.1, -0.05) is 6.57 Å². The van der Waals surface area contributed by atoms with Gasteiger partial charge in [-0.25, -0.2) is 14.4 Å². The van der Waals surface area contributed by atoms with Crippen molar-refractivity contribution in [2.45, 2.75) is 6.92 Å². The van der Waals surface area contributed by atoms with E-state index in [4.69, 9.17) is 11.3 Å². The van der Waals surface area contributed by atoms with Crippen LogP contribution in [0, 0.1) is 19.3 Å². The smallest absolute Gasteiger partial charge is 0.280 e. The lowest BCUT2D eigenvalue weighted by molar-refractivity contribution is 0.461. The number of rotatable bonds is 3. The molecule has 26 heavy (non-hydrogen) atoms. The molecular weight excluding hydrogens is 333 g/mol.